The number of anilines is 1. The van der Waals surface area contributed by atoms with Gasteiger partial charge in [0.15, 0.2) is 0 Å². The zero-order valence-electron chi connectivity index (χ0n) is 11.6. The Bertz CT molecular complexity index is 535. The molecule has 0 bridgehead atoms. The van der Waals surface area contributed by atoms with Gasteiger partial charge in [0, 0.05) is 25.2 Å². The number of nitrogens with zero attached hydrogens (tertiary/aromatic N) is 2. The summed E-state index contributed by atoms with van der Waals surface area (Å²) in [4.78, 5) is 15.4. The Labute approximate surface area is 117 Å². The first-order chi connectivity index (χ1) is 9.56. The fourth-order valence-electron chi connectivity index (χ4n) is 3.40. The predicted octanol–water partition coefficient (Wildman–Crippen LogP) is 2.20. The number of benzene rings is 1. The lowest BCUT2D eigenvalue weighted by Gasteiger charge is -2.43. The molecule has 0 spiro atoms. The summed E-state index contributed by atoms with van der Waals surface area (Å²) in [6.45, 7) is 5.01. The van der Waals surface area contributed by atoms with Crippen LogP contribution in [0.5, 0.6) is 0 Å². The molecule has 5 heteroatoms. The Morgan fingerprint density at radius 2 is 2.20 bits per heavy atom. The van der Waals surface area contributed by atoms with E-state index in [0.29, 0.717) is 11.7 Å². The van der Waals surface area contributed by atoms with E-state index < -0.39 is 11.8 Å². The zero-order chi connectivity index (χ0) is 14.3. The maximum atomic E-state index is 14.2. The van der Waals surface area contributed by atoms with Crippen LogP contribution in [0.1, 0.15) is 30.1 Å². The van der Waals surface area contributed by atoms with E-state index in [0.717, 1.165) is 32.1 Å². The van der Waals surface area contributed by atoms with Gasteiger partial charge in [0.25, 0.3) is 0 Å². The van der Waals surface area contributed by atoms with E-state index in [9.17, 15) is 9.18 Å². The van der Waals surface area contributed by atoms with Crippen LogP contribution in [0.2, 0.25) is 0 Å². The van der Waals surface area contributed by atoms with E-state index in [-0.39, 0.29) is 11.6 Å². The number of aromatic carboxylic acids is 1. The highest BCUT2D eigenvalue weighted by Crippen LogP contribution is 2.30. The van der Waals surface area contributed by atoms with Gasteiger partial charge in [0.2, 0.25) is 0 Å². The molecule has 0 saturated carbocycles. The predicted molar refractivity (Wildman–Crippen MR) is 74.8 cm³/mol. The highest BCUT2D eigenvalue weighted by molar-refractivity contribution is 5.88. The fourth-order valence-corrected chi connectivity index (χ4v) is 3.40. The summed E-state index contributed by atoms with van der Waals surface area (Å²) in [6, 6.07) is 4.94. The lowest BCUT2D eigenvalue weighted by Crippen LogP contribution is -2.55. The van der Waals surface area contributed by atoms with Crippen molar-refractivity contribution in [1.29, 1.82) is 0 Å². The molecule has 2 aliphatic heterocycles. The summed E-state index contributed by atoms with van der Waals surface area (Å²) in [5.74, 6) is -1.53. The average Bonchev–Trinajstić information content (AvgIpc) is 2.84. The van der Waals surface area contributed by atoms with Gasteiger partial charge >= 0.3 is 5.97 Å². The van der Waals surface area contributed by atoms with Gasteiger partial charge in [-0.2, -0.15) is 0 Å². The maximum absolute atomic E-state index is 14.2. The number of carbonyl (C=O) groups is 1. The second-order valence-electron chi connectivity index (χ2n) is 5.76. The fraction of sp³-hybridized carbons (Fsp3) is 0.533. The molecule has 0 radical (unpaired) electrons. The van der Waals surface area contributed by atoms with Crippen molar-refractivity contribution in [2.45, 2.75) is 31.8 Å². The van der Waals surface area contributed by atoms with Crippen LogP contribution in [-0.4, -0.2) is 47.7 Å². The van der Waals surface area contributed by atoms with Crippen LogP contribution >= 0.6 is 0 Å². The molecule has 4 nitrogen and oxygen atoms in total. The maximum Gasteiger partial charge on any atom is 0.335 e. The quantitative estimate of drug-likeness (QED) is 0.900. The minimum atomic E-state index is -1.09. The van der Waals surface area contributed by atoms with E-state index in [4.69, 9.17) is 5.11 Å². The molecule has 2 aliphatic rings. The van der Waals surface area contributed by atoms with Crippen LogP contribution in [0.25, 0.3) is 0 Å². The van der Waals surface area contributed by atoms with Crippen molar-refractivity contribution in [1.82, 2.24) is 4.90 Å². The zero-order valence-corrected chi connectivity index (χ0v) is 11.6. The van der Waals surface area contributed by atoms with Crippen molar-refractivity contribution in [2.24, 2.45) is 0 Å². The Morgan fingerprint density at radius 1 is 1.40 bits per heavy atom. The third-order valence-electron chi connectivity index (χ3n) is 4.44. The minimum Gasteiger partial charge on any atom is -0.478 e. The number of fused-ring (bicyclic) bond motifs is 1. The molecule has 1 aromatic carbocycles. The van der Waals surface area contributed by atoms with E-state index in [2.05, 4.69) is 16.7 Å². The number of piperazine rings is 1. The smallest absolute Gasteiger partial charge is 0.335 e. The highest BCUT2D eigenvalue weighted by Gasteiger charge is 2.35. The molecule has 2 atom stereocenters. The largest absolute Gasteiger partial charge is 0.478 e. The summed E-state index contributed by atoms with van der Waals surface area (Å²) in [5, 5.41) is 8.90. The summed E-state index contributed by atoms with van der Waals surface area (Å²) >= 11 is 0. The topological polar surface area (TPSA) is 43.8 Å². The molecular formula is C15H19FN2O2. The molecule has 2 unspecified atom stereocenters. The second-order valence-corrected chi connectivity index (χ2v) is 5.76. The molecule has 108 valence electrons. The third-order valence-corrected chi connectivity index (χ3v) is 4.44. The summed E-state index contributed by atoms with van der Waals surface area (Å²) in [7, 11) is 0. The van der Waals surface area contributed by atoms with Gasteiger partial charge in [-0.1, -0.05) is 0 Å². The molecule has 1 N–H and O–H groups in total. The van der Waals surface area contributed by atoms with Crippen LogP contribution in [0, 0.1) is 5.82 Å². The van der Waals surface area contributed by atoms with Crippen molar-refractivity contribution in [3.05, 3.63) is 29.6 Å². The molecule has 0 aliphatic carbocycles. The molecular weight excluding hydrogens is 259 g/mol. The first-order valence-corrected chi connectivity index (χ1v) is 7.10. The van der Waals surface area contributed by atoms with Crippen molar-refractivity contribution >= 4 is 11.7 Å². The Hall–Kier alpha value is -1.62. The van der Waals surface area contributed by atoms with Gasteiger partial charge in [-0.25, -0.2) is 9.18 Å². The number of carboxylic acids is 1. The molecule has 2 saturated heterocycles. The lowest BCUT2D eigenvalue weighted by atomic mass is 10.1. The van der Waals surface area contributed by atoms with Crippen molar-refractivity contribution in [3.8, 4) is 0 Å². The summed E-state index contributed by atoms with van der Waals surface area (Å²) in [6.07, 6.45) is 2.38. The minimum absolute atomic E-state index is 0.00148. The van der Waals surface area contributed by atoms with E-state index in [1.54, 1.807) is 6.07 Å². The van der Waals surface area contributed by atoms with Crippen LogP contribution < -0.4 is 4.90 Å². The SMILES string of the molecule is CC1CN2CCCC2CN1c1ccc(C(=O)O)cc1F. The first kappa shape index (κ1) is 13.4. The first-order valence-electron chi connectivity index (χ1n) is 7.10. The average molecular weight is 278 g/mol. The monoisotopic (exact) mass is 278 g/mol. The van der Waals surface area contributed by atoms with Gasteiger partial charge in [-0.15, -0.1) is 0 Å². The Morgan fingerprint density at radius 3 is 2.90 bits per heavy atom. The molecule has 20 heavy (non-hydrogen) atoms. The Balaban J connectivity index is 1.86. The third kappa shape index (κ3) is 2.26. The van der Waals surface area contributed by atoms with Crippen molar-refractivity contribution < 1.29 is 14.3 Å². The number of hydrogen-bond acceptors (Lipinski definition) is 3. The summed E-state index contributed by atoms with van der Waals surface area (Å²) < 4.78 is 14.2. The summed E-state index contributed by atoms with van der Waals surface area (Å²) in [5.41, 5.74) is 0.521. The molecule has 2 fully saturated rings. The van der Waals surface area contributed by atoms with Gasteiger partial charge in [-0.3, -0.25) is 4.90 Å². The van der Waals surface area contributed by atoms with Crippen LogP contribution in [-0.2, 0) is 0 Å². The number of halogens is 1. The molecule has 0 aromatic heterocycles. The van der Waals surface area contributed by atoms with Crippen LogP contribution in [0.15, 0.2) is 18.2 Å². The standard InChI is InChI=1S/C15H19FN2O2/c1-10-8-17-6-2-3-12(17)9-18(10)14-5-4-11(15(19)20)7-13(14)16/h4-5,7,10,12H,2-3,6,8-9H2,1H3,(H,19,20). The van der Waals surface area contributed by atoms with Gasteiger partial charge in [-0.05, 0) is 44.5 Å². The Kier molecular flexibility index (Phi) is 3.38. The molecule has 1 aromatic rings. The molecule has 2 heterocycles. The van der Waals surface area contributed by atoms with Crippen LogP contribution in [0.4, 0.5) is 10.1 Å². The number of hydrogen-bond donors (Lipinski definition) is 1. The lowest BCUT2D eigenvalue weighted by molar-refractivity contribution is 0.0696. The molecule has 3 rings (SSSR count). The molecule has 0 amide bonds. The van der Waals surface area contributed by atoms with Crippen molar-refractivity contribution in [3.63, 3.8) is 0 Å². The highest BCUT2D eigenvalue weighted by atomic mass is 19.1. The van der Waals surface area contributed by atoms with Gasteiger partial charge in [0.1, 0.15) is 5.82 Å². The normalized spacial score (nSPS) is 26.6. The van der Waals surface area contributed by atoms with E-state index in [1.807, 2.05) is 0 Å². The van der Waals surface area contributed by atoms with E-state index >= 15 is 0 Å². The number of rotatable bonds is 2. The van der Waals surface area contributed by atoms with E-state index in [1.165, 1.54) is 12.5 Å². The van der Waals surface area contributed by atoms with Crippen molar-refractivity contribution in [2.75, 3.05) is 24.5 Å². The second kappa shape index (κ2) is 5.05. The van der Waals surface area contributed by atoms with Gasteiger partial charge < -0.3 is 10.0 Å². The van der Waals surface area contributed by atoms with Crippen LogP contribution in [0.3, 0.4) is 0 Å². The number of carboxylic acid groups (broad SMARTS) is 1. The van der Waals surface area contributed by atoms with Gasteiger partial charge in [0.05, 0.1) is 11.3 Å².